The van der Waals surface area contributed by atoms with Gasteiger partial charge in [-0.05, 0) is 36.8 Å². The standard InChI is InChI=1S/C18H17ClN4O3/c19-13-2-1-6-20-17(13)23-7-5-12(9-23)21-18(25)11-3-4-14-15(8-11)26-10-16(24)22-14/h1-4,6,8,12H,5,7,9-10H2,(H,21,25)(H,22,24). The molecule has 1 unspecified atom stereocenters. The maximum absolute atomic E-state index is 12.5. The average Bonchev–Trinajstić information content (AvgIpc) is 3.09. The molecule has 3 heterocycles. The average molecular weight is 373 g/mol. The van der Waals surface area contributed by atoms with E-state index in [-0.39, 0.29) is 24.5 Å². The monoisotopic (exact) mass is 372 g/mol. The van der Waals surface area contributed by atoms with Crippen LogP contribution in [0.2, 0.25) is 5.02 Å². The molecule has 2 amide bonds. The molecule has 2 aliphatic heterocycles. The molecule has 1 fully saturated rings. The molecule has 134 valence electrons. The third-order valence-corrected chi connectivity index (χ3v) is 4.73. The molecule has 1 aromatic carbocycles. The van der Waals surface area contributed by atoms with Crippen molar-refractivity contribution in [2.75, 3.05) is 29.9 Å². The maximum atomic E-state index is 12.5. The summed E-state index contributed by atoms with van der Waals surface area (Å²) >= 11 is 6.20. The molecule has 0 saturated carbocycles. The van der Waals surface area contributed by atoms with Crippen molar-refractivity contribution in [3.05, 3.63) is 47.1 Å². The Labute approximate surface area is 155 Å². The predicted octanol–water partition coefficient (Wildman–Crippen LogP) is 2.07. The first kappa shape index (κ1) is 16.7. The van der Waals surface area contributed by atoms with E-state index in [1.807, 2.05) is 6.07 Å². The molecule has 0 aliphatic carbocycles. The van der Waals surface area contributed by atoms with Crippen molar-refractivity contribution in [3.63, 3.8) is 0 Å². The van der Waals surface area contributed by atoms with Gasteiger partial charge in [-0.25, -0.2) is 4.98 Å². The lowest BCUT2D eigenvalue weighted by molar-refractivity contribution is -0.118. The first-order valence-corrected chi connectivity index (χ1v) is 8.71. The van der Waals surface area contributed by atoms with Crippen LogP contribution in [0.3, 0.4) is 0 Å². The van der Waals surface area contributed by atoms with E-state index >= 15 is 0 Å². The van der Waals surface area contributed by atoms with Gasteiger partial charge in [0.15, 0.2) is 6.61 Å². The van der Waals surface area contributed by atoms with Gasteiger partial charge in [0.05, 0.1) is 10.7 Å². The minimum atomic E-state index is -0.200. The van der Waals surface area contributed by atoms with Crippen molar-refractivity contribution in [2.24, 2.45) is 0 Å². The molecule has 8 heteroatoms. The molecule has 0 radical (unpaired) electrons. The summed E-state index contributed by atoms with van der Waals surface area (Å²) in [5.41, 5.74) is 1.07. The summed E-state index contributed by atoms with van der Waals surface area (Å²) < 4.78 is 5.36. The van der Waals surface area contributed by atoms with Crippen molar-refractivity contribution >= 4 is 34.9 Å². The number of anilines is 2. The minimum Gasteiger partial charge on any atom is -0.482 e. The molecule has 26 heavy (non-hydrogen) atoms. The van der Waals surface area contributed by atoms with Gasteiger partial charge in [0.1, 0.15) is 11.6 Å². The lowest BCUT2D eigenvalue weighted by atomic mass is 10.1. The van der Waals surface area contributed by atoms with Crippen LogP contribution in [0, 0.1) is 0 Å². The van der Waals surface area contributed by atoms with Crippen molar-refractivity contribution in [1.29, 1.82) is 0 Å². The van der Waals surface area contributed by atoms with Gasteiger partial charge in [-0.3, -0.25) is 9.59 Å². The second-order valence-electron chi connectivity index (χ2n) is 6.26. The highest BCUT2D eigenvalue weighted by atomic mass is 35.5. The van der Waals surface area contributed by atoms with Gasteiger partial charge in [0, 0.05) is 30.9 Å². The van der Waals surface area contributed by atoms with Gasteiger partial charge < -0.3 is 20.3 Å². The fourth-order valence-electron chi connectivity index (χ4n) is 3.17. The highest BCUT2D eigenvalue weighted by molar-refractivity contribution is 6.32. The third kappa shape index (κ3) is 3.30. The lowest BCUT2D eigenvalue weighted by Crippen LogP contribution is -2.37. The Balaban J connectivity index is 1.41. The first-order valence-electron chi connectivity index (χ1n) is 8.33. The Bertz CT molecular complexity index is 873. The van der Waals surface area contributed by atoms with Gasteiger partial charge in [-0.15, -0.1) is 0 Å². The van der Waals surface area contributed by atoms with Crippen molar-refractivity contribution in [2.45, 2.75) is 12.5 Å². The number of fused-ring (bicyclic) bond motifs is 1. The van der Waals surface area contributed by atoms with E-state index < -0.39 is 0 Å². The van der Waals surface area contributed by atoms with Crippen LogP contribution in [-0.4, -0.2) is 42.5 Å². The number of pyridine rings is 1. The van der Waals surface area contributed by atoms with E-state index in [9.17, 15) is 9.59 Å². The number of hydrogen-bond acceptors (Lipinski definition) is 5. The molecular formula is C18H17ClN4O3. The van der Waals surface area contributed by atoms with E-state index in [2.05, 4.69) is 20.5 Å². The largest absolute Gasteiger partial charge is 0.482 e. The van der Waals surface area contributed by atoms with Crippen LogP contribution in [-0.2, 0) is 4.79 Å². The number of nitrogens with zero attached hydrogens (tertiary/aromatic N) is 2. The van der Waals surface area contributed by atoms with Crippen LogP contribution in [0.1, 0.15) is 16.8 Å². The van der Waals surface area contributed by atoms with Gasteiger partial charge >= 0.3 is 0 Å². The van der Waals surface area contributed by atoms with Crippen molar-refractivity contribution in [1.82, 2.24) is 10.3 Å². The molecule has 1 aromatic heterocycles. The summed E-state index contributed by atoms with van der Waals surface area (Å²) in [6.07, 6.45) is 2.52. The molecule has 0 bridgehead atoms. The number of aromatic nitrogens is 1. The molecule has 0 spiro atoms. The van der Waals surface area contributed by atoms with Crippen LogP contribution in [0.4, 0.5) is 11.5 Å². The third-order valence-electron chi connectivity index (χ3n) is 4.44. The van der Waals surface area contributed by atoms with Gasteiger partial charge in [0.25, 0.3) is 11.8 Å². The van der Waals surface area contributed by atoms with E-state index in [1.165, 1.54) is 0 Å². The summed E-state index contributed by atoms with van der Waals surface area (Å²) in [5.74, 6) is 0.871. The van der Waals surface area contributed by atoms with Gasteiger partial charge in [-0.1, -0.05) is 11.6 Å². The van der Waals surface area contributed by atoms with Crippen LogP contribution >= 0.6 is 11.6 Å². The molecule has 7 nitrogen and oxygen atoms in total. The number of ether oxygens (including phenoxy) is 1. The second kappa shape index (κ2) is 6.84. The number of amides is 2. The van der Waals surface area contributed by atoms with Crippen LogP contribution in [0.25, 0.3) is 0 Å². The topological polar surface area (TPSA) is 83.6 Å². The molecule has 1 saturated heterocycles. The Hall–Kier alpha value is -2.80. The van der Waals surface area contributed by atoms with Crippen LogP contribution < -0.4 is 20.3 Å². The fraction of sp³-hybridized carbons (Fsp3) is 0.278. The second-order valence-corrected chi connectivity index (χ2v) is 6.67. The Morgan fingerprint density at radius 1 is 1.38 bits per heavy atom. The molecule has 2 aromatic rings. The Kier molecular flexibility index (Phi) is 4.38. The molecule has 4 rings (SSSR count). The predicted molar refractivity (Wildman–Crippen MR) is 97.9 cm³/mol. The summed E-state index contributed by atoms with van der Waals surface area (Å²) in [5, 5.41) is 6.35. The number of halogens is 1. The molecule has 1 atom stereocenters. The SMILES string of the molecule is O=C1COc2cc(C(=O)NC3CCN(c4ncccc4Cl)C3)ccc2N1. The minimum absolute atomic E-state index is 0.0113. The number of nitrogens with one attached hydrogen (secondary N) is 2. The highest BCUT2D eigenvalue weighted by Crippen LogP contribution is 2.29. The smallest absolute Gasteiger partial charge is 0.262 e. The van der Waals surface area contributed by atoms with E-state index in [4.69, 9.17) is 16.3 Å². The number of carbonyl (C=O) groups is 2. The summed E-state index contributed by atoms with van der Waals surface area (Å²) in [7, 11) is 0. The van der Waals surface area contributed by atoms with E-state index in [0.717, 1.165) is 18.8 Å². The van der Waals surface area contributed by atoms with Crippen LogP contribution in [0.5, 0.6) is 5.75 Å². The van der Waals surface area contributed by atoms with Crippen LogP contribution in [0.15, 0.2) is 36.5 Å². The zero-order chi connectivity index (χ0) is 18.1. The molecule has 2 N–H and O–H groups in total. The quantitative estimate of drug-likeness (QED) is 0.861. The van der Waals surface area contributed by atoms with E-state index in [0.29, 0.717) is 28.6 Å². The summed E-state index contributed by atoms with van der Waals surface area (Å²) in [4.78, 5) is 30.2. The number of hydrogen-bond donors (Lipinski definition) is 2. The lowest BCUT2D eigenvalue weighted by Gasteiger charge is -2.20. The number of rotatable bonds is 3. The first-order chi connectivity index (χ1) is 12.6. The zero-order valence-electron chi connectivity index (χ0n) is 13.9. The fourth-order valence-corrected chi connectivity index (χ4v) is 3.41. The number of carbonyl (C=O) groups excluding carboxylic acids is 2. The summed E-state index contributed by atoms with van der Waals surface area (Å²) in [6, 6.07) is 8.61. The molecular weight excluding hydrogens is 356 g/mol. The Morgan fingerprint density at radius 2 is 2.27 bits per heavy atom. The number of benzene rings is 1. The zero-order valence-corrected chi connectivity index (χ0v) is 14.6. The van der Waals surface area contributed by atoms with E-state index in [1.54, 1.807) is 30.5 Å². The van der Waals surface area contributed by atoms with Gasteiger partial charge in [0.2, 0.25) is 0 Å². The van der Waals surface area contributed by atoms with Gasteiger partial charge in [-0.2, -0.15) is 0 Å². The maximum Gasteiger partial charge on any atom is 0.262 e. The Morgan fingerprint density at radius 3 is 3.12 bits per heavy atom. The summed E-state index contributed by atoms with van der Waals surface area (Å²) in [6.45, 7) is 1.39. The van der Waals surface area contributed by atoms with Crippen molar-refractivity contribution < 1.29 is 14.3 Å². The normalized spacial score (nSPS) is 18.7. The highest BCUT2D eigenvalue weighted by Gasteiger charge is 2.27. The van der Waals surface area contributed by atoms with Crippen molar-refractivity contribution in [3.8, 4) is 5.75 Å². The molecule has 2 aliphatic rings.